The van der Waals surface area contributed by atoms with E-state index in [2.05, 4.69) is 0 Å². The lowest BCUT2D eigenvalue weighted by Gasteiger charge is -2.12. The van der Waals surface area contributed by atoms with Crippen LogP contribution in [0, 0.1) is 10.1 Å². The van der Waals surface area contributed by atoms with Gasteiger partial charge in [0.25, 0.3) is 5.69 Å². The summed E-state index contributed by atoms with van der Waals surface area (Å²) in [7, 11) is 0. The number of halogens is 1. The van der Waals surface area contributed by atoms with E-state index in [0.29, 0.717) is 0 Å². The number of aromatic hydroxyl groups is 1. The second kappa shape index (κ2) is 5.90. The number of aliphatic hydroxyl groups is 1. The predicted octanol–water partition coefficient (Wildman–Crippen LogP) is 2.87. The van der Waals surface area contributed by atoms with Gasteiger partial charge in [-0.05, 0) is 30.3 Å². The molecule has 6 nitrogen and oxygen atoms in total. The first kappa shape index (κ1) is 15.0. The van der Waals surface area contributed by atoms with E-state index in [-0.39, 0.29) is 27.6 Å². The summed E-state index contributed by atoms with van der Waals surface area (Å²) in [5, 5.41) is 30.5. The minimum Gasteiger partial charge on any atom is -0.508 e. The summed E-state index contributed by atoms with van der Waals surface area (Å²) >= 11 is 5.76. The molecule has 1 atom stereocenters. The number of carbonyl (C=O) groups is 1. The molecule has 0 bridgehead atoms. The van der Waals surface area contributed by atoms with Crippen molar-refractivity contribution < 1.29 is 19.9 Å². The number of aliphatic hydroxyl groups excluding tert-OH is 1. The van der Waals surface area contributed by atoms with Crippen molar-refractivity contribution in [2.45, 2.75) is 6.10 Å². The quantitative estimate of drug-likeness (QED) is 0.514. The highest BCUT2D eigenvalue weighted by Crippen LogP contribution is 2.29. The number of hydrogen-bond donors (Lipinski definition) is 2. The first-order valence-corrected chi connectivity index (χ1v) is 6.23. The van der Waals surface area contributed by atoms with Gasteiger partial charge in [-0.1, -0.05) is 11.6 Å². The molecule has 0 saturated heterocycles. The third-order valence-electron chi connectivity index (χ3n) is 2.90. The van der Waals surface area contributed by atoms with Crippen molar-refractivity contribution in [3.05, 3.63) is 68.7 Å². The first-order valence-electron chi connectivity index (χ1n) is 5.85. The highest BCUT2D eigenvalue weighted by molar-refractivity contribution is 6.30. The first-order chi connectivity index (χ1) is 9.90. The van der Waals surface area contributed by atoms with Gasteiger partial charge in [0, 0.05) is 28.3 Å². The van der Waals surface area contributed by atoms with E-state index < -0.39 is 16.8 Å². The van der Waals surface area contributed by atoms with Gasteiger partial charge in [-0.3, -0.25) is 14.9 Å². The average Bonchev–Trinajstić information content (AvgIpc) is 2.48. The van der Waals surface area contributed by atoms with E-state index in [0.717, 1.165) is 12.1 Å². The van der Waals surface area contributed by atoms with Crippen molar-refractivity contribution >= 4 is 23.1 Å². The van der Waals surface area contributed by atoms with E-state index in [1.54, 1.807) is 0 Å². The Morgan fingerprint density at radius 3 is 2.38 bits per heavy atom. The summed E-state index contributed by atoms with van der Waals surface area (Å²) in [4.78, 5) is 22.1. The molecule has 0 aromatic heterocycles. The zero-order valence-electron chi connectivity index (χ0n) is 10.6. The lowest BCUT2D eigenvalue weighted by molar-refractivity contribution is -0.384. The van der Waals surface area contributed by atoms with Crippen LogP contribution in [0.15, 0.2) is 42.5 Å². The van der Waals surface area contributed by atoms with Crippen LogP contribution in [0.2, 0.25) is 5.02 Å². The van der Waals surface area contributed by atoms with E-state index in [1.807, 2.05) is 0 Å². The van der Waals surface area contributed by atoms with E-state index in [1.165, 1.54) is 30.3 Å². The minimum atomic E-state index is -1.61. The van der Waals surface area contributed by atoms with E-state index in [9.17, 15) is 25.1 Å². The fraction of sp³-hybridized carbons (Fsp3) is 0.0714. The summed E-state index contributed by atoms with van der Waals surface area (Å²) in [6, 6.07) is 8.78. The van der Waals surface area contributed by atoms with Gasteiger partial charge in [0.2, 0.25) is 0 Å². The van der Waals surface area contributed by atoms with Crippen LogP contribution in [-0.4, -0.2) is 20.9 Å². The maximum atomic E-state index is 12.1. The van der Waals surface area contributed by atoms with Gasteiger partial charge >= 0.3 is 0 Å². The molecule has 2 N–H and O–H groups in total. The standard InChI is InChI=1S/C14H10ClNO5/c15-9-3-6-12(17)11(7-9)14(19)13(18)8-1-4-10(5-2-8)16(20)21/h1-7,14,17,19H. The molecule has 0 saturated carbocycles. The number of nitro groups is 1. The van der Waals surface area contributed by atoms with E-state index >= 15 is 0 Å². The number of benzene rings is 2. The maximum Gasteiger partial charge on any atom is 0.269 e. The van der Waals surface area contributed by atoms with Crippen LogP contribution in [0.25, 0.3) is 0 Å². The molecule has 0 aliphatic carbocycles. The van der Waals surface area contributed by atoms with Gasteiger partial charge in [-0.25, -0.2) is 0 Å². The molecule has 0 aliphatic rings. The monoisotopic (exact) mass is 307 g/mol. The van der Waals surface area contributed by atoms with Crippen LogP contribution >= 0.6 is 11.6 Å². The van der Waals surface area contributed by atoms with Gasteiger partial charge in [-0.2, -0.15) is 0 Å². The van der Waals surface area contributed by atoms with Crippen molar-refractivity contribution in [1.29, 1.82) is 0 Å². The number of nitro benzene ring substituents is 1. The largest absolute Gasteiger partial charge is 0.508 e. The smallest absolute Gasteiger partial charge is 0.269 e. The maximum absolute atomic E-state index is 12.1. The number of non-ortho nitro benzene ring substituents is 1. The third kappa shape index (κ3) is 3.18. The third-order valence-corrected chi connectivity index (χ3v) is 3.13. The molecule has 0 amide bonds. The lowest BCUT2D eigenvalue weighted by Crippen LogP contribution is -2.12. The average molecular weight is 308 g/mol. The van der Waals surface area contributed by atoms with Crippen LogP contribution < -0.4 is 0 Å². The Balaban J connectivity index is 2.30. The highest BCUT2D eigenvalue weighted by atomic mass is 35.5. The molecule has 0 spiro atoms. The second-order valence-corrected chi connectivity index (χ2v) is 4.71. The van der Waals surface area contributed by atoms with Crippen molar-refractivity contribution in [1.82, 2.24) is 0 Å². The Morgan fingerprint density at radius 1 is 1.19 bits per heavy atom. The number of carbonyl (C=O) groups excluding carboxylic acids is 1. The molecule has 0 fully saturated rings. The van der Waals surface area contributed by atoms with Crippen LogP contribution in [-0.2, 0) is 0 Å². The number of nitrogens with zero attached hydrogens (tertiary/aromatic N) is 1. The summed E-state index contributed by atoms with van der Waals surface area (Å²) in [6.07, 6.45) is -1.61. The van der Waals surface area contributed by atoms with Crippen LogP contribution in [0.3, 0.4) is 0 Å². The van der Waals surface area contributed by atoms with Crippen LogP contribution in [0.4, 0.5) is 5.69 Å². The lowest BCUT2D eigenvalue weighted by atomic mass is 9.99. The van der Waals surface area contributed by atoms with Crippen LogP contribution in [0.5, 0.6) is 5.75 Å². The van der Waals surface area contributed by atoms with Gasteiger partial charge in [-0.15, -0.1) is 0 Å². The predicted molar refractivity (Wildman–Crippen MR) is 75.5 cm³/mol. The Kier molecular flexibility index (Phi) is 4.21. The Hall–Kier alpha value is -2.44. The van der Waals surface area contributed by atoms with Crippen molar-refractivity contribution in [2.75, 3.05) is 0 Å². The molecule has 0 aliphatic heterocycles. The summed E-state index contributed by atoms with van der Waals surface area (Å²) in [6.45, 7) is 0. The highest BCUT2D eigenvalue weighted by Gasteiger charge is 2.23. The fourth-order valence-electron chi connectivity index (χ4n) is 1.79. The summed E-state index contributed by atoms with van der Waals surface area (Å²) < 4.78 is 0. The van der Waals surface area contributed by atoms with Gasteiger partial charge in [0.1, 0.15) is 11.9 Å². The molecular weight excluding hydrogens is 298 g/mol. The second-order valence-electron chi connectivity index (χ2n) is 4.27. The summed E-state index contributed by atoms with van der Waals surface area (Å²) in [5.74, 6) is -0.954. The number of phenolic OH excluding ortho intramolecular Hbond substituents is 1. The number of phenols is 1. The zero-order chi connectivity index (χ0) is 15.6. The topological polar surface area (TPSA) is 101 Å². The molecule has 21 heavy (non-hydrogen) atoms. The molecule has 2 aromatic carbocycles. The number of Topliss-reactive ketones (excluding diaryl/α,β-unsaturated/α-hetero) is 1. The van der Waals surface area contributed by atoms with Crippen molar-refractivity contribution in [3.8, 4) is 5.75 Å². The molecule has 0 radical (unpaired) electrons. The molecular formula is C14H10ClNO5. The molecule has 2 rings (SSSR count). The van der Waals surface area contributed by atoms with E-state index in [4.69, 9.17) is 11.6 Å². The minimum absolute atomic E-state index is 0.0224. The number of ketones is 1. The number of rotatable bonds is 4. The normalized spacial score (nSPS) is 11.9. The SMILES string of the molecule is O=C(c1ccc([N+](=O)[O-])cc1)C(O)c1cc(Cl)ccc1O. The molecule has 108 valence electrons. The van der Waals surface area contributed by atoms with Crippen LogP contribution in [0.1, 0.15) is 22.0 Å². The van der Waals surface area contributed by atoms with Gasteiger partial charge < -0.3 is 10.2 Å². The molecule has 2 aromatic rings. The van der Waals surface area contributed by atoms with Crippen molar-refractivity contribution in [2.24, 2.45) is 0 Å². The Labute approximate surface area is 124 Å². The number of hydrogen-bond acceptors (Lipinski definition) is 5. The summed E-state index contributed by atoms with van der Waals surface area (Å²) in [5.41, 5.74) is -0.0926. The zero-order valence-corrected chi connectivity index (χ0v) is 11.3. The Bertz CT molecular complexity index is 699. The van der Waals surface area contributed by atoms with Crippen molar-refractivity contribution in [3.63, 3.8) is 0 Å². The molecule has 7 heteroatoms. The Morgan fingerprint density at radius 2 is 1.81 bits per heavy atom. The fourth-order valence-corrected chi connectivity index (χ4v) is 1.97. The molecule has 1 unspecified atom stereocenters. The van der Waals surface area contributed by atoms with Gasteiger partial charge in [0.05, 0.1) is 4.92 Å². The molecule has 0 heterocycles. The van der Waals surface area contributed by atoms with Gasteiger partial charge in [0.15, 0.2) is 5.78 Å².